The van der Waals surface area contributed by atoms with Crippen LogP contribution in [-0.4, -0.2) is 38.2 Å². The molecule has 6 nitrogen and oxygen atoms in total. The molecule has 0 N–H and O–H groups in total. The summed E-state index contributed by atoms with van der Waals surface area (Å²) in [6.45, 7) is 3.58. The number of rotatable bonds is 6. The van der Waals surface area contributed by atoms with Gasteiger partial charge >= 0.3 is 5.97 Å². The average molecular weight is 395 g/mol. The molecule has 0 fully saturated rings. The van der Waals surface area contributed by atoms with Gasteiger partial charge in [0, 0.05) is 29.4 Å². The van der Waals surface area contributed by atoms with Gasteiger partial charge in [-0.25, -0.2) is 4.79 Å². The van der Waals surface area contributed by atoms with Gasteiger partial charge in [-0.2, -0.15) is 0 Å². The van der Waals surface area contributed by atoms with Gasteiger partial charge in [0.2, 0.25) is 0 Å². The first-order valence-corrected chi connectivity index (χ1v) is 9.46. The van der Waals surface area contributed by atoms with E-state index < -0.39 is 12.1 Å². The van der Waals surface area contributed by atoms with Crippen molar-refractivity contribution in [3.63, 3.8) is 0 Å². The predicted molar refractivity (Wildman–Crippen MR) is 111 cm³/mol. The third-order valence-electron chi connectivity index (χ3n) is 4.93. The Kier molecular flexibility index (Phi) is 6.22. The summed E-state index contributed by atoms with van der Waals surface area (Å²) in [6.07, 6.45) is 2.78. The van der Waals surface area contributed by atoms with Gasteiger partial charge < -0.3 is 19.1 Å². The number of carbonyl (C=O) groups excluding carboxylic acids is 2. The summed E-state index contributed by atoms with van der Waals surface area (Å²) in [6, 6.07) is 13.1. The number of para-hydroxylation sites is 1. The van der Waals surface area contributed by atoms with Crippen LogP contribution in [0.2, 0.25) is 0 Å². The van der Waals surface area contributed by atoms with Gasteiger partial charge in [-0.3, -0.25) is 4.79 Å². The standard InChI is InChI=1S/C23H25NO5/c1-15-13-18-7-5-6-8-20(18)24(15)23(26)16(2)29-22(25)12-10-17-9-11-19(27-3)14-21(17)28-4/h5-12,14-16H,13H2,1-4H3/b12-10+/t15-,16+/m0/s1. The minimum atomic E-state index is -0.890. The summed E-state index contributed by atoms with van der Waals surface area (Å²) < 4.78 is 15.8. The van der Waals surface area contributed by atoms with Crippen molar-refractivity contribution in [1.29, 1.82) is 0 Å². The maximum absolute atomic E-state index is 12.9. The Morgan fingerprint density at radius 2 is 1.90 bits per heavy atom. The third kappa shape index (κ3) is 4.42. The summed E-state index contributed by atoms with van der Waals surface area (Å²) in [5, 5.41) is 0. The van der Waals surface area contributed by atoms with E-state index in [-0.39, 0.29) is 11.9 Å². The Hall–Kier alpha value is -3.28. The van der Waals surface area contributed by atoms with Gasteiger partial charge in [0.25, 0.3) is 5.91 Å². The van der Waals surface area contributed by atoms with Crippen molar-refractivity contribution in [2.24, 2.45) is 0 Å². The highest BCUT2D eigenvalue weighted by molar-refractivity contribution is 6.00. The second kappa shape index (κ2) is 8.82. The van der Waals surface area contributed by atoms with Gasteiger partial charge in [-0.15, -0.1) is 0 Å². The maximum Gasteiger partial charge on any atom is 0.331 e. The van der Waals surface area contributed by atoms with Gasteiger partial charge in [0.15, 0.2) is 6.10 Å². The van der Waals surface area contributed by atoms with Crippen LogP contribution in [0.25, 0.3) is 6.08 Å². The summed E-state index contributed by atoms with van der Waals surface area (Å²) in [5.41, 5.74) is 2.70. The molecular formula is C23H25NO5. The highest BCUT2D eigenvalue weighted by Gasteiger charge is 2.34. The average Bonchev–Trinajstić information content (AvgIpc) is 3.07. The van der Waals surface area contributed by atoms with Crippen LogP contribution < -0.4 is 14.4 Å². The second-order valence-corrected chi connectivity index (χ2v) is 6.91. The number of ether oxygens (including phenoxy) is 3. The molecule has 0 aromatic heterocycles. The molecule has 1 amide bonds. The Morgan fingerprint density at radius 3 is 2.62 bits per heavy atom. The molecule has 6 heteroatoms. The number of carbonyl (C=O) groups is 2. The van der Waals surface area contributed by atoms with E-state index in [4.69, 9.17) is 14.2 Å². The Balaban J connectivity index is 1.66. The second-order valence-electron chi connectivity index (χ2n) is 6.91. The van der Waals surface area contributed by atoms with E-state index in [2.05, 4.69) is 0 Å². The molecule has 1 aliphatic rings. The van der Waals surface area contributed by atoms with Crippen LogP contribution in [0.15, 0.2) is 48.5 Å². The lowest BCUT2D eigenvalue weighted by Gasteiger charge is -2.25. The smallest absolute Gasteiger partial charge is 0.331 e. The van der Waals surface area contributed by atoms with Crippen LogP contribution >= 0.6 is 0 Å². The van der Waals surface area contributed by atoms with E-state index in [1.165, 1.54) is 6.08 Å². The van der Waals surface area contributed by atoms with Crippen LogP contribution in [0, 0.1) is 0 Å². The molecule has 2 aromatic rings. The first kappa shape index (κ1) is 20.5. The number of benzene rings is 2. The summed E-state index contributed by atoms with van der Waals surface area (Å²) >= 11 is 0. The fourth-order valence-corrected chi connectivity index (χ4v) is 3.48. The largest absolute Gasteiger partial charge is 0.497 e. The summed E-state index contributed by atoms with van der Waals surface area (Å²) in [7, 11) is 3.11. The molecule has 1 aliphatic heterocycles. The first-order valence-electron chi connectivity index (χ1n) is 9.46. The molecule has 29 heavy (non-hydrogen) atoms. The lowest BCUT2D eigenvalue weighted by atomic mass is 10.1. The van der Waals surface area contributed by atoms with Crippen molar-refractivity contribution in [3.8, 4) is 11.5 Å². The highest BCUT2D eigenvalue weighted by Crippen LogP contribution is 2.32. The molecule has 0 aliphatic carbocycles. The van der Waals surface area contributed by atoms with Gasteiger partial charge in [-0.1, -0.05) is 18.2 Å². The fraction of sp³-hybridized carbons (Fsp3) is 0.304. The normalized spacial score (nSPS) is 16.4. The minimum Gasteiger partial charge on any atom is -0.497 e. The molecule has 0 unspecified atom stereocenters. The van der Waals surface area contributed by atoms with Crippen molar-refractivity contribution < 1.29 is 23.8 Å². The number of esters is 1. The molecule has 0 spiro atoms. The molecule has 0 bridgehead atoms. The van der Waals surface area contributed by atoms with Crippen molar-refractivity contribution in [3.05, 3.63) is 59.7 Å². The Labute approximate surface area is 170 Å². The molecule has 2 aromatic carbocycles. The third-order valence-corrected chi connectivity index (χ3v) is 4.93. The monoisotopic (exact) mass is 395 g/mol. The topological polar surface area (TPSA) is 65.1 Å². The van der Waals surface area contributed by atoms with Gasteiger partial charge in [-0.05, 0) is 50.1 Å². The van der Waals surface area contributed by atoms with Crippen LogP contribution in [0.4, 0.5) is 5.69 Å². The Morgan fingerprint density at radius 1 is 1.14 bits per heavy atom. The molecular weight excluding hydrogens is 370 g/mol. The zero-order chi connectivity index (χ0) is 21.0. The maximum atomic E-state index is 12.9. The lowest BCUT2D eigenvalue weighted by Crippen LogP contribution is -2.43. The molecule has 1 heterocycles. The molecule has 2 atom stereocenters. The minimum absolute atomic E-state index is 0.0279. The van der Waals surface area contributed by atoms with Crippen LogP contribution in [0.1, 0.15) is 25.0 Å². The number of hydrogen-bond acceptors (Lipinski definition) is 5. The SMILES string of the molecule is COc1ccc(/C=C/C(=O)O[C@H](C)C(=O)N2c3ccccc3C[C@@H]2C)c(OC)c1. The van der Waals surface area contributed by atoms with Gasteiger partial charge in [0.05, 0.1) is 14.2 Å². The van der Waals surface area contributed by atoms with Crippen LogP contribution in [-0.2, 0) is 20.7 Å². The fourth-order valence-electron chi connectivity index (χ4n) is 3.48. The summed E-state index contributed by atoms with van der Waals surface area (Å²) in [5.74, 6) is 0.399. The number of amides is 1. The zero-order valence-electron chi connectivity index (χ0n) is 17.0. The number of fused-ring (bicyclic) bond motifs is 1. The van der Waals surface area contributed by atoms with Crippen LogP contribution in [0.3, 0.4) is 0 Å². The first-order chi connectivity index (χ1) is 13.9. The van der Waals surface area contributed by atoms with Gasteiger partial charge in [0.1, 0.15) is 11.5 Å². The quantitative estimate of drug-likeness (QED) is 0.552. The Bertz CT molecular complexity index is 937. The lowest BCUT2D eigenvalue weighted by molar-refractivity contribution is -0.149. The molecule has 3 rings (SSSR count). The van der Waals surface area contributed by atoms with Crippen molar-refractivity contribution in [2.45, 2.75) is 32.4 Å². The molecule has 0 radical (unpaired) electrons. The van der Waals surface area contributed by atoms with Crippen LogP contribution in [0.5, 0.6) is 11.5 Å². The van der Waals surface area contributed by atoms with Crippen molar-refractivity contribution in [1.82, 2.24) is 0 Å². The summed E-state index contributed by atoms with van der Waals surface area (Å²) in [4.78, 5) is 26.9. The molecule has 0 saturated heterocycles. The van der Waals surface area contributed by atoms with E-state index in [9.17, 15) is 9.59 Å². The number of nitrogens with zero attached hydrogens (tertiary/aromatic N) is 1. The van der Waals surface area contributed by atoms with Crippen molar-refractivity contribution in [2.75, 3.05) is 19.1 Å². The molecule has 0 saturated carbocycles. The van der Waals surface area contributed by atoms with E-state index >= 15 is 0 Å². The molecule has 152 valence electrons. The van der Waals surface area contributed by atoms with E-state index in [1.807, 2.05) is 31.2 Å². The van der Waals surface area contributed by atoms with E-state index in [0.717, 1.165) is 17.7 Å². The number of anilines is 1. The van der Waals surface area contributed by atoms with Crippen molar-refractivity contribution >= 4 is 23.6 Å². The highest BCUT2D eigenvalue weighted by atomic mass is 16.5. The van der Waals surface area contributed by atoms with E-state index in [0.29, 0.717) is 17.1 Å². The number of methoxy groups -OCH3 is 2. The number of hydrogen-bond donors (Lipinski definition) is 0. The predicted octanol–water partition coefficient (Wildman–Crippen LogP) is 3.63. The van der Waals surface area contributed by atoms with E-state index in [1.54, 1.807) is 50.3 Å². The zero-order valence-corrected chi connectivity index (χ0v) is 17.0.